The van der Waals surface area contributed by atoms with Crippen LogP contribution < -0.4 is 0 Å². The van der Waals surface area contributed by atoms with Crippen molar-refractivity contribution in [1.82, 2.24) is 0 Å². The average molecular weight is 434 g/mol. The van der Waals surface area contributed by atoms with Gasteiger partial charge in [-0.3, -0.25) is 0 Å². The molecule has 2 aliphatic carbocycles. The first-order chi connectivity index (χ1) is 14.8. The van der Waals surface area contributed by atoms with Crippen LogP contribution in [0.15, 0.2) is 23.8 Å². The average Bonchev–Trinajstić information content (AvgIpc) is 3.58. The quantitative estimate of drug-likeness (QED) is 0.306. The summed E-state index contributed by atoms with van der Waals surface area (Å²) in [6.07, 6.45) is 5.59. The Morgan fingerprint density at radius 1 is 1.16 bits per heavy atom. The molecular weight excluding hydrogens is 404 g/mol. The van der Waals surface area contributed by atoms with Crippen molar-refractivity contribution in [2.45, 2.75) is 70.1 Å². The summed E-state index contributed by atoms with van der Waals surface area (Å²) in [7, 11) is 0. The SMILES string of the molecule is CC1=CCC(O[C@@H]2O[C@H](COC(=O)c3cc(O)c(O)c(O)c3)CC(C3CC3)[C@H]2O)CC1. The highest BCUT2D eigenvalue weighted by Gasteiger charge is 2.46. The van der Waals surface area contributed by atoms with Crippen molar-refractivity contribution in [3.8, 4) is 17.2 Å². The van der Waals surface area contributed by atoms with Crippen LogP contribution in [-0.4, -0.2) is 57.6 Å². The number of hydrogen-bond acceptors (Lipinski definition) is 8. The molecular formula is C23H30O8. The number of benzene rings is 1. The summed E-state index contributed by atoms with van der Waals surface area (Å²) in [5.74, 6) is -2.20. The number of carbonyl (C=O) groups is 1. The van der Waals surface area contributed by atoms with Crippen LogP contribution in [-0.2, 0) is 14.2 Å². The molecule has 4 N–H and O–H groups in total. The summed E-state index contributed by atoms with van der Waals surface area (Å²) in [5, 5.41) is 39.4. The van der Waals surface area contributed by atoms with E-state index in [1.807, 2.05) is 0 Å². The highest BCUT2D eigenvalue weighted by atomic mass is 16.7. The molecule has 8 nitrogen and oxygen atoms in total. The third-order valence-corrected chi connectivity index (χ3v) is 6.43. The zero-order valence-corrected chi connectivity index (χ0v) is 17.6. The Balaban J connectivity index is 1.38. The fraction of sp³-hybridized carbons (Fsp3) is 0.609. The molecule has 0 amide bonds. The van der Waals surface area contributed by atoms with Crippen LogP contribution in [0.25, 0.3) is 0 Å². The van der Waals surface area contributed by atoms with E-state index < -0.39 is 41.7 Å². The number of carbonyl (C=O) groups excluding carboxylic acids is 1. The van der Waals surface area contributed by atoms with Crippen molar-refractivity contribution in [1.29, 1.82) is 0 Å². The van der Waals surface area contributed by atoms with Crippen LogP contribution in [0.5, 0.6) is 17.2 Å². The smallest absolute Gasteiger partial charge is 0.338 e. The predicted molar refractivity (Wildman–Crippen MR) is 110 cm³/mol. The molecule has 1 aromatic carbocycles. The van der Waals surface area contributed by atoms with Crippen molar-refractivity contribution in [2.75, 3.05) is 6.61 Å². The number of ether oxygens (including phenoxy) is 3. The van der Waals surface area contributed by atoms with Gasteiger partial charge in [0.25, 0.3) is 0 Å². The predicted octanol–water partition coefficient (Wildman–Crippen LogP) is 2.98. The first-order valence-corrected chi connectivity index (χ1v) is 10.9. The molecule has 31 heavy (non-hydrogen) atoms. The van der Waals surface area contributed by atoms with E-state index in [0.29, 0.717) is 12.3 Å². The fourth-order valence-electron chi connectivity index (χ4n) is 4.41. The van der Waals surface area contributed by atoms with E-state index in [1.165, 1.54) is 5.57 Å². The maximum absolute atomic E-state index is 12.4. The van der Waals surface area contributed by atoms with Gasteiger partial charge in [-0.15, -0.1) is 0 Å². The van der Waals surface area contributed by atoms with Crippen molar-refractivity contribution in [3.63, 3.8) is 0 Å². The Morgan fingerprint density at radius 3 is 2.48 bits per heavy atom. The minimum absolute atomic E-state index is 0.00699. The van der Waals surface area contributed by atoms with Crippen molar-refractivity contribution < 1.29 is 39.4 Å². The number of hydrogen-bond donors (Lipinski definition) is 4. The maximum Gasteiger partial charge on any atom is 0.338 e. The number of phenolic OH excluding ortho intramolecular Hbond substituents is 3. The van der Waals surface area contributed by atoms with E-state index in [-0.39, 0.29) is 24.2 Å². The summed E-state index contributed by atoms with van der Waals surface area (Å²) in [6.45, 7) is 2.06. The van der Waals surface area contributed by atoms with Gasteiger partial charge in [-0.2, -0.15) is 0 Å². The number of aliphatic hydroxyl groups is 1. The second kappa shape index (κ2) is 9.06. The Morgan fingerprint density at radius 2 is 1.87 bits per heavy atom. The van der Waals surface area contributed by atoms with Gasteiger partial charge in [0.1, 0.15) is 12.7 Å². The fourth-order valence-corrected chi connectivity index (χ4v) is 4.41. The van der Waals surface area contributed by atoms with Crippen LogP contribution in [0, 0.1) is 11.8 Å². The molecule has 8 heteroatoms. The van der Waals surface area contributed by atoms with E-state index in [0.717, 1.165) is 44.2 Å². The Labute approximate surface area is 181 Å². The lowest BCUT2D eigenvalue weighted by atomic mass is 9.87. The second-order valence-corrected chi connectivity index (χ2v) is 8.90. The van der Waals surface area contributed by atoms with E-state index in [4.69, 9.17) is 14.2 Å². The number of esters is 1. The third-order valence-electron chi connectivity index (χ3n) is 6.43. The molecule has 1 aromatic rings. The third kappa shape index (κ3) is 5.14. The highest BCUT2D eigenvalue weighted by Crippen LogP contribution is 2.45. The normalized spacial score (nSPS) is 31.2. The number of allylic oxidation sites excluding steroid dienone is 1. The van der Waals surface area contributed by atoms with Crippen LogP contribution in [0.3, 0.4) is 0 Å². The lowest BCUT2D eigenvalue weighted by Crippen LogP contribution is -2.50. The zero-order chi connectivity index (χ0) is 22.1. The molecule has 2 fully saturated rings. The summed E-state index contributed by atoms with van der Waals surface area (Å²) in [6, 6.07) is 2.06. The summed E-state index contributed by atoms with van der Waals surface area (Å²) in [4.78, 5) is 12.4. The number of aromatic hydroxyl groups is 3. The first-order valence-electron chi connectivity index (χ1n) is 10.9. The Kier molecular flexibility index (Phi) is 6.41. The molecule has 5 atom stereocenters. The monoisotopic (exact) mass is 434 g/mol. The molecule has 4 rings (SSSR count). The van der Waals surface area contributed by atoms with E-state index in [9.17, 15) is 25.2 Å². The molecule has 3 aliphatic rings. The lowest BCUT2D eigenvalue weighted by Gasteiger charge is -2.41. The number of aliphatic hydroxyl groups excluding tert-OH is 1. The van der Waals surface area contributed by atoms with Gasteiger partial charge in [0, 0.05) is 0 Å². The Hall–Kier alpha value is -2.29. The van der Waals surface area contributed by atoms with E-state index in [2.05, 4.69) is 13.0 Å². The molecule has 1 aliphatic heterocycles. The van der Waals surface area contributed by atoms with E-state index in [1.54, 1.807) is 0 Å². The van der Waals surface area contributed by atoms with Gasteiger partial charge in [0.15, 0.2) is 23.5 Å². The first kappa shape index (κ1) is 21.9. The molecule has 0 radical (unpaired) electrons. The largest absolute Gasteiger partial charge is 0.504 e. The zero-order valence-electron chi connectivity index (χ0n) is 17.6. The molecule has 0 spiro atoms. The summed E-state index contributed by atoms with van der Waals surface area (Å²) in [5.41, 5.74) is 1.26. The topological polar surface area (TPSA) is 126 Å². The number of rotatable bonds is 6. The maximum atomic E-state index is 12.4. The van der Waals surface area contributed by atoms with Gasteiger partial charge < -0.3 is 34.6 Å². The second-order valence-electron chi connectivity index (χ2n) is 8.90. The van der Waals surface area contributed by atoms with Crippen LogP contribution >= 0.6 is 0 Å². The molecule has 1 heterocycles. The standard InChI is InChI=1S/C23H30O8/c1-12-2-6-15(7-3-12)30-23-20(26)17(13-4-5-13)10-16(31-23)11-29-22(28)14-8-18(24)21(27)19(25)9-14/h2,8-9,13,15-17,20,23-27H,3-7,10-11H2,1H3/t15?,16-,17?,20+,23+/m0/s1. The minimum Gasteiger partial charge on any atom is -0.504 e. The number of phenols is 3. The van der Waals surface area contributed by atoms with Crippen molar-refractivity contribution >= 4 is 5.97 Å². The van der Waals surface area contributed by atoms with E-state index >= 15 is 0 Å². The van der Waals surface area contributed by atoms with Gasteiger partial charge in [-0.25, -0.2) is 4.79 Å². The van der Waals surface area contributed by atoms with Gasteiger partial charge in [-0.1, -0.05) is 11.6 Å². The van der Waals surface area contributed by atoms with Crippen molar-refractivity contribution in [3.05, 3.63) is 29.3 Å². The van der Waals surface area contributed by atoms with Crippen LogP contribution in [0.4, 0.5) is 0 Å². The van der Waals surface area contributed by atoms with Gasteiger partial charge in [0.2, 0.25) is 0 Å². The lowest BCUT2D eigenvalue weighted by molar-refractivity contribution is -0.278. The molecule has 1 saturated carbocycles. The molecule has 0 aromatic heterocycles. The summed E-state index contributed by atoms with van der Waals surface area (Å²) >= 11 is 0. The van der Waals surface area contributed by atoms with Gasteiger partial charge in [0.05, 0.1) is 17.8 Å². The molecule has 0 bridgehead atoms. The van der Waals surface area contributed by atoms with Gasteiger partial charge >= 0.3 is 5.97 Å². The molecule has 170 valence electrons. The van der Waals surface area contributed by atoms with Crippen LogP contribution in [0.2, 0.25) is 0 Å². The van der Waals surface area contributed by atoms with Crippen LogP contribution in [0.1, 0.15) is 55.8 Å². The highest BCUT2D eigenvalue weighted by molar-refractivity contribution is 5.91. The summed E-state index contributed by atoms with van der Waals surface area (Å²) < 4.78 is 17.4. The molecule has 2 unspecified atom stereocenters. The van der Waals surface area contributed by atoms with Gasteiger partial charge in [-0.05, 0) is 69.4 Å². The molecule has 1 saturated heterocycles. The Bertz CT molecular complexity index is 823. The minimum atomic E-state index is -0.762. The van der Waals surface area contributed by atoms with Crippen molar-refractivity contribution in [2.24, 2.45) is 11.8 Å².